The molecule has 0 saturated heterocycles. The molecule has 0 aliphatic heterocycles. The molecule has 5 heteroatoms. The fourth-order valence-electron chi connectivity index (χ4n) is 2.49. The number of rotatable bonds is 8. The second-order valence-electron chi connectivity index (χ2n) is 5.57. The standard InChI is InChI=1S/C19H24N4O/c1-3-23(14-24)19(20)6-4-5-15-7-9-16(10-8-15)18-12-11-17(21-2)13-22-18/h7-14,20-21H,3-6H2,1-2H3. The highest BCUT2D eigenvalue weighted by Gasteiger charge is 2.06. The average molecular weight is 324 g/mol. The molecule has 0 aliphatic rings. The summed E-state index contributed by atoms with van der Waals surface area (Å²) in [4.78, 5) is 16.7. The zero-order valence-corrected chi connectivity index (χ0v) is 14.2. The van der Waals surface area contributed by atoms with Crippen molar-refractivity contribution in [3.8, 4) is 11.3 Å². The summed E-state index contributed by atoms with van der Waals surface area (Å²) in [6.45, 7) is 2.43. The summed E-state index contributed by atoms with van der Waals surface area (Å²) >= 11 is 0. The molecule has 5 nitrogen and oxygen atoms in total. The second kappa shape index (κ2) is 8.82. The molecule has 0 saturated carbocycles. The highest BCUT2D eigenvalue weighted by molar-refractivity contribution is 5.88. The summed E-state index contributed by atoms with van der Waals surface area (Å²) in [7, 11) is 1.88. The third-order valence-electron chi connectivity index (χ3n) is 4.00. The summed E-state index contributed by atoms with van der Waals surface area (Å²) in [6.07, 6.45) is 4.91. The van der Waals surface area contributed by atoms with E-state index in [9.17, 15) is 4.79 Å². The quantitative estimate of drug-likeness (QED) is 0.443. The Morgan fingerprint density at radius 2 is 2.00 bits per heavy atom. The number of aryl methyl sites for hydroxylation is 1. The molecular weight excluding hydrogens is 300 g/mol. The van der Waals surface area contributed by atoms with Crippen LogP contribution in [0.25, 0.3) is 11.3 Å². The lowest BCUT2D eigenvalue weighted by atomic mass is 10.0. The van der Waals surface area contributed by atoms with Crippen LogP contribution < -0.4 is 5.32 Å². The van der Waals surface area contributed by atoms with Crippen molar-refractivity contribution in [3.05, 3.63) is 48.2 Å². The number of anilines is 1. The minimum Gasteiger partial charge on any atom is -0.387 e. The van der Waals surface area contributed by atoms with Crippen molar-refractivity contribution in [2.24, 2.45) is 0 Å². The Bertz CT molecular complexity index is 665. The Hall–Kier alpha value is -2.69. The molecule has 0 fully saturated rings. The van der Waals surface area contributed by atoms with Crippen LogP contribution >= 0.6 is 0 Å². The number of hydrogen-bond donors (Lipinski definition) is 2. The number of pyridine rings is 1. The molecule has 24 heavy (non-hydrogen) atoms. The average Bonchev–Trinajstić information content (AvgIpc) is 2.63. The lowest BCUT2D eigenvalue weighted by Crippen LogP contribution is -2.28. The predicted octanol–water partition coefficient (Wildman–Crippen LogP) is 3.57. The van der Waals surface area contributed by atoms with Crippen LogP contribution in [0.1, 0.15) is 25.3 Å². The molecule has 1 amide bonds. The summed E-state index contributed by atoms with van der Waals surface area (Å²) in [6, 6.07) is 12.4. The first kappa shape index (κ1) is 17.7. The van der Waals surface area contributed by atoms with E-state index in [2.05, 4.69) is 34.6 Å². The van der Waals surface area contributed by atoms with Crippen LogP contribution in [0, 0.1) is 5.41 Å². The molecule has 0 bridgehead atoms. The number of amidine groups is 1. The summed E-state index contributed by atoms with van der Waals surface area (Å²) in [5.41, 5.74) is 4.26. The van der Waals surface area contributed by atoms with Crippen LogP contribution in [-0.4, -0.2) is 35.7 Å². The number of nitrogens with one attached hydrogen (secondary N) is 2. The van der Waals surface area contributed by atoms with Crippen LogP contribution in [0.2, 0.25) is 0 Å². The SMILES string of the molecule is CCN(C=O)C(=N)CCCc1ccc(-c2ccc(NC)cn2)cc1. The number of hydrogen-bond acceptors (Lipinski definition) is 4. The Labute approximate surface area is 143 Å². The summed E-state index contributed by atoms with van der Waals surface area (Å²) in [5.74, 6) is 0.387. The van der Waals surface area contributed by atoms with Crippen LogP contribution in [0.15, 0.2) is 42.6 Å². The van der Waals surface area contributed by atoms with Crippen LogP contribution in [0.5, 0.6) is 0 Å². The Morgan fingerprint density at radius 1 is 1.25 bits per heavy atom. The number of carbonyl (C=O) groups is 1. The highest BCUT2D eigenvalue weighted by atomic mass is 16.1. The Morgan fingerprint density at radius 3 is 2.54 bits per heavy atom. The van der Waals surface area contributed by atoms with Crippen molar-refractivity contribution in [2.75, 3.05) is 18.9 Å². The van der Waals surface area contributed by atoms with Gasteiger partial charge >= 0.3 is 0 Å². The third kappa shape index (κ3) is 4.65. The van der Waals surface area contributed by atoms with E-state index in [1.807, 2.05) is 32.3 Å². The van der Waals surface area contributed by atoms with E-state index in [0.29, 0.717) is 18.8 Å². The van der Waals surface area contributed by atoms with E-state index in [1.165, 1.54) is 10.5 Å². The molecule has 2 aromatic rings. The van der Waals surface area contributed by atoms with Crippen molar-refractivity contribution in [2.45, 2.75) is 26.2 Å². The van der Waals surface area contributed by atoms with Gasteiger partial charge in [-0.15, -0.1) is 0 Å². The minimum atomic E-state index is 0.387. The maximum Gasteiger partial charge on any atom is 0.215 e. The molecule has 1 aromatic carbocycles. The monoisotopic (exact) mass is 324 g/mol. The van der Waals surface area contributed by atoms with Gasteiger partial charge in [0, 0.05) is 25.6 Å². The fraction of sp³-hybridized carbons (Fsp3) is 0.316. The molecule has 0 atom stereocenters. The van der Waals surface area contributed by atoms with Crippen LogP contribution in [-0.2, 0) is 11.2 Å². The van der Waals surface area contributed by atoms with Gasteiger partial charge in [-0.05, 0) is 37.5 Å². The first-order valence-corrected chi connectivity index (χ1v) is 8.20. The van der Waals surface area contributed by atoms with Gasteiger partial charge < -0.3 is 10.2 Å². The maximum atomic E-state index is 10.8. The fourth-order valence-corrected chi connectivity index (χ4v) is 2.49. The zero-order valence-electron chi connectivity index (χ0n) is 14.2. The van der Waals surface area contributed by atoms with Crippen molar-refractivity contribution < 1.29 is 4.79 Å². The van der Waals surface area contributed by atoms with Gasteiger partial charge in [0.25, 0.3) is 0 Å². The molecule has 0 radical (unpaired) electrons. The minimum absolute atomic E-state index is 0.387. The first-order valence-electron chi connectivity index (χ1n) is 8.20. The van der Waals surface area contributed by atoms with Gasteiger partial charge in [0.15, 0.2) is 0 Å². The third-order valence-corrected chi connectivity index (χ3v) is 4.00. The first-order chi connectivity index (χ1) is 11.7. The van der Waals surface area contributed by atoms with Gasteiger partial charge in [-0.2, -0.15) is 0 Å². The lowest BCUT2D eigenvalue weighted by Gasteiger charge is -2.15. The number of carbonyl (C=O) groups excluding carboxylic acids is 1. The van der Waals surface area contributed by atoms with Crippen molar-refractivity contribution in [1.29, 1.82) is 5.41 Å². The number of aromatic nitrogens is 1. The Kier molecular flexibility index (Phi) is 6.49. The zero-order chi connectivity index (χ0) is 17.4. The molecular formula is C19H24N4O. The number of nitrogens with zero attached hydrogens (tertiary/aromatic N) is 2. The smallest absolute Gasteiger partial charge is 0.215 e. The molecule has 2 N–H and O–H groups in total. The molecule has 126 valence electrons. The van der Waals surface area contributed by atoms with Crippen molar-refractivity contribution in [1.82, 2.24) is 9.88 Å². The van der Waals surface area contributed by atoms with E-state index in [1.54, 1.807) is 0 Å². The highest BCUT2D eigenvalue weighted by Crippen LogP contribution is 2.19. The van der Waals surface area contributed by atoms with Crippen LogP contribution in [0.3, 0.4) is 0 Å². The normalized spacial score (nSPS) is 10.2. The second-order valence-corrected chi connectivity index (χ2v) is 5.57. The molecule has 0 aliphatic carbocycles. The maximum absolute atomic E-state index is 10.8. The van der Waals surface area contributed by atoms with E-state index in [4.69, 9.17) is 5.41 Å². The van der Waals surface area contributed by atoms with Crippen molar-refractivity contribution in [3.63, 3.8) is 0 Å². The van der Waals surface area contributed by atoms with Gasteiger partial charge in [0.1, 0.15) is 5.84 Å². The van der Waals surface area contributed by atoms with Gasteiger partial charge in [-0.25, -0.2) is 0 Å². The molecule has 1 aromatic heterocycles. The summed E-state index contributed by atoms with van der Waals surface area (Å²) < 4.78 is 0. The van der Waals surface area contributed by atoms with Gasteiger partial charge in [0.2, 0.25) is 6.41 Å². The number of benzene rings is 1. The molecule has 0 spiro atoms. The Balaban J connectivity index is 1.90. The van der Waals surface area contributed by atoms with Crippen molar-refractivity contribution >= 4 is 17.9 Å². The number of amides is 1. The lowest BCUT2D eigenvalue weighted by molar-refractivity contribution is -0.114. The molecule has 1 heterocycles. The van der Waals surface area contributed by atoms with E-state index in [0.717, 1.165) is 36.2 Å². The van der Waals surface area contributed by atoms with E-state index >= 15 is 0 Å². The summed E-state index contributed by atoms with van der Waals surface area (Å²) in [5, 5.41) is 10.9. The van der Waals surface area contributed by atoms with Gasteiger partial charge in [0.05, 0.1) is 17.6 Å². The predicted molar refractivity (Wildman–Crippen MR) is 98.3 cm³/mol. The van der Waals surface area contributed by atoms with E-state index in [-0.39, 0.29) is 0 Å². The van der Waals surface area contributed by atoms with Crippen LogP contribution in [0.4, 0.5) is 5.69 Å². The molecule has 2 rings (SSSR count). The van der Waals surface area contributed by atoms with Gasteiger partial charge in [-0.1, -0.05) is 24.3 Å². The largest absolute Gasteiger partial charge is 0.387 e. The topological polar surface area (TPSA) is 69.1 Å². The van der Waals surface area contributed by atoms with E-state index < -0.39 is 0 Å². The van der Waals surface area contributed by atoms with Gasteiger partial charge in [-0.3, -0.25) is 15.2 Å². The molecule has 0 unspecified atom stereocenters.